The summed E-state index contributed by atoms with van der Waals surface area (Å²) in [5.74, 6) is 0. The van der Waals surface area contributed by atoms with Crippen molar-refractivity contribution in [1.29, 1.82) is 0 Å². The number of nitrogens with zero attached hydrogens (tertiary/aromatic N) is 1. The first-order chi connectivity index (χ1) is 11.4. The van der Waals surface area contributed by atoms with Gasteiger partial charge in [0.25, 0.3) is 0 Å². The molecule has 1 aromatic carbocycles. The second-order valence-corrected chi connectivity index (χ2v) is 9.30. The molecule has 2 unspecified atom stereocenters. The summed E-state index contributed by atoms with van der Waals surface area (Å²) in [5, 5.41) is 20.4. The smallest absolute Gasteiger partial charge is 0.0712 e. The highest BCUT2D eigenvalue weighted by molar-refractivity contribution is 5.54. The first-order valence-corrected chi connectivity index (χ1v) is 9.65. The molecule has 0 heterocycles. The van der Waals surface area contributed by atoms with Crippen LogP contribution in [0.25, 0.3) is 0 Å². The summed E-state index contributed by atoms with van der Waals surface area (Å²) >= 11 is 0. The van der Waals surface area contributed by atoms with Crippen LogP contribution in [0.1, 0.15) is 79.4 Å². The van der Waals surface area contributed by atoms with Gasteiger partial charge in [-0.1, -0.05) is 61.5 Å². The van der Waals surface area contributed by atoms with Crippen molar-refractivity contribution in [3.8, 4) is 0 Å². The van der Waals surface area contributed by atoms with Gasteiger partial charge in [0.05, 0.1) is 12.2 Å². The van der Waals surface area contributed by atoms with Crippen LogP contribution in [0.3, 0.4) is 0 Å². The summed E-state index contributed by atoms with van der Waals surface area (Å²) in [6, 6.07) is 6.74. The summed E-state index contributed by atoms with van der Waals surface area (Å²) in [5.41, 5.74) is 3.77. The third kappa shape index (κ3) is 6.63. The van der Waals surface area contributed by atoms with Crippen LogP contribution in [0.15, 0.2) is 18.2 Å². The van der Waals surface area contributed by atoms with Crippen molar-refractivity contribution in [1.82, 2.24) is 0 Å². The first kappa shape index (κ1) is 22.0. The average Bonchev–Trinajstić information content (AvgIpc) is 2.51. The van der Waals surface area contributed by atoms with Crippen LogP contribution in [-0.2, 0) is 10.8 Å². The Balaban J connectivity index is 3.40. The molecule has 0 aliphatic heterocycles. The number of rotatable bonds is 7. The van der Waals surface area contributed by atoms with Gasteiger partial charge in [0, 0.05) is 18.8 Å². The van der Waals surface area contributed by atoms with E-state index in [-0.39, 0.29) is 23.0 Å². The zero-order valence-electron chi connectivity index (χ0n) is 17.6. The predicted molar refractivity (Wildman–Crippen MR) is 109 cm³/mol. The van der Waals surface area contributed by atoms with E-state index in [0.29, 0.717) is 25.9 Å². The molecule has 1 aromatic rings. The van der Waals surface area contributed by atoms with E-state index >= 15 is 0 Å². The lowest BCUT2D eigenvalue weighted by atomic mass is 9.80. The Bertz CT molecular complexity index is 496. The standard InChI is InChI=1S/C22H39NO2/c1-9-19(24)14-23(15-20(25)10-2)18-12-16(21(3,4)5)11-17(13-18)22(6,7)8/h11-13,19-20,24-25H,9-10,14-15H2,1-8H3. The highest BCUT2D eigenvalue weighted by atomic mass is 16.3. The zero-order valence-corrected chi connectivity index (χ0v) is 17.6. The van der Waals surface area contributed by atoms with Crippen molar-refractivity contribution < 1.29 is 10.2 Å². The second-order valence-electron chi connectivity index (χ2n) is 9.30. The molecule has 0 aliphatic carbocycles. The van der Waals surface area contributed by atoms with Gasteiger partial charge in [0.1, 0.15) is 0 Å². The monoisotopic (exact) mass is 349 g/mol. The molecule has 0 spiro atoms. The predicted octanol–water partition coefficient (Wildman–Crippen LogP) is 4.63. The molecule has 2 atom stereocenters. The lowest BCUT2D eigenvalue weighted by molar-refractivity contribution is 0.154. The molecule has 2 N–H and O–H groups in total. The summed E-state index contributed by atoms with van der Waals surface area (Å²) in [7, 11) is 0. The van der Waals surface area contributed by atoms with Crippen molar-refractivity contribution in [3.63, 3.8) is 0 Å². The summed E-state index contributed by atoms with van der Waals surface area (Å²) in [6.07, 6.45) is 0.647. The van der Waals surface area contributed by atoms with Crippen LogP contribution < -0.4 is 4.90 Å². The van der Waals surface area contributed by atoms with Gasteiger partial charge in [0.15, 0.2) is 0 Å². The molecule has 0 bridgehead atoms. The van der Waals surface area contributed by atoms with E-state index < -0.39 is 0 Å². The highest BCUT2D eigenvalue weighted by Crippen LogP contribution is 2.33. The van der Waals surface area contributed by atoms with Gasteiger partial charge in [0.2, 0.25) is 0 Å². The first-order valence-electron chi connectivity index (χ1n) is 9.65. The van der Waals surface area contributed by atoms with Crippen molar-refractivity contribution in [3.05, 3.63) is 29.3 Å². The Labute approximate surface area is 155 Å². The summed E-state index contributed by atoms with van der Waals surface area (Å²) in [4.78, 5) is 2.15. The lowest BCUT2D eigenvalue weighted by Crippen LogP contribution is -2.38. The third-order valence-corrected chi connectivity index (χ3v) is 4.82. The fourth-order valence-electron chi connectivity index (χ4n) is 2.71. The molecule has 144 valence electrons. The van der Waals surface area contributed by atoms with Crippen LogP contribution in [-0.4, -0.2) is 35.5 Å². The largest absolute Gasteiger partial charge is 0.391 e. The number of anilines is 1. The second kappa shape index (κ2) is 8.55. The topological polar surface area (TPSA) is 43.7 Å². The maximum Gasteiger partial charge on any atom is 0.0712 e. The molecular formula is C22H39NO2. The molecule has 0 saturated carbocycles. The van der Waals surface area contributed by atoms with Crippen molar-refractivity contribution >= 4 is 5.69 Å². The average molecular weight is 350 g/mol. The lowest BCUT2D eigenvalue weighted by Gasteiger charge is -2.33. The molecule has 1 rings (SSSR count). The molecule has 25 heavy (non-hydrogen) atoms. The minimum atomic E-state index is -0.388. The highest BCUT2D eigenvalue weighted by Gasteiger charge is 2.23. The number of hydrogen-bond acceptors (Lipinski definition) is 3. The fraction of sp³-hybridized carbons (Fsp3) is 0.727. The number of benzene rings is 1. The molecule has 0 aromatic heterocycles. The fourth-order valence-corrected chi connectivity index (χ4v) is 2.71. The van der Waals surface area contributed by atoms with Crippen LogP contribution in [0.2, 0.25) is 0 Å². The van der Waals surface area contributed by atoms with Gasteiger partial charge >= 0.3 is 0 Å². The quantitative estimate of drug-likeness (QED) is 0.754. The molecule has 0 saturated heterocycles. The molecule has 3 heteroatoms. The van der Waals surface area contributed by atoms with Crippen molar-refractivity contribution in [2.24, 2.45) is 0 Å². The van der Waals surface area contributed by atoms with E-state index in [4.69, 9.17) is 0 Å². The number of aliphatic hydroxyl groups is 2. The Kier molecular flexibility index (Phi) is 7.52. The van der Waals surface area contributed by atoms with E-state index in [0.717, 1.165) is 5.69 Å². The molecule has 3 nitrogen and oxygen atoms in total. The molecule has 0 fully saturated rings. The van der Waals surface area contributed by atoms with Crippen LogP contribution >= 0.6 is 0 Å². The van der Waals surface area contributed by atoms with Crippen molar-refractivity contribution in [2.45, 2.75) is 91.3 Å². The Morgan fingerprint density at radius 1 is 0.760 bits per heavy atom. The Morgan fingerprint density at radius 3 is 1.40 bits per heavy atom. The summed E-state index contributed by atoms with van der Waals surface area (Å²) in [6.45, 7) is 18.4. The van der Waals surface area contributed by atoms with E-state index in [1.54, 1.807) is 0 Å². The zero-order chi connectivity index (χ0) is 19.4. The Hall–Kier alpha value is -1.06. The minimum absolute atomic E-state index is 0.0500. The van der Waals surface area contributed by atoms with Gasteiger partial charge in [-0.05, 0) is 46.9 Å². The summed E-state index contributed by atoms with van der Waals surface area (Å²) < 4.78 is 0. The van der Waals surface area contributed by atoms with E-state index in [9.17, 15) is 10.2 Å². The third-order valence-electron chi connectivity index (χ3n) is 4.82. The SMILES string of the molecule is CCC(O)CN(CC(O)CC)c1cc(C(C)(C)C)cc(C(C)(C)C)c1. The van der Waals surface area contributed by atoms with Crippen molar-refractivity contribution in [2.75, 3.05) is 18.0 Å². The minimum Gasteiger partial charge on any atom is -0.391 e. The maximum atomic E-state index is 10.2. The van der Waals surface area contributed by atoms with Crippen LogP contribution in [0, 0.1) is 0 Å². The molecule has 0 aliphatic rings. The molecule has 0 radical (unpaired) electrons. The maximum absolute atomic E-state index is 10.2. The van der Waals surface area contributed by atoms with Gasteiger partial charge in [-0.3, -0.25) is 0 Å². The van der Waals surface area contributed by atoms with E-state index in [2.05, 4.69) is 64.6 Å². The van der Waals surface area contributed by atoms with Crippen LogP contribution in [0.5, 0.6) is 0 Å². The molecule has 0 amide bonds. The number of hydrogen-bond donors (Lipinski definition) is 2. The van der Waals surface area contributed by atoms with Gasteiger partial charge in [-0.25, -0.2) is 0 Å². The van der Waals surface area contributed by atoms with E-state index in [1.165, 1.54) is 11.1 Å². The van der Waals surface area contributed by atoms with Gasteiger partial charge < -0.3 is 15.1 Å². The van der Waals surface area contributed by atoms with E-state index in [1.807, 2.05) is 13.8 Å². The number of aliphatic hydroxyl groups excluding tert-OH is 2. The Morgan fingerprint density at radius 2 is 1.12 bits per heavy atom. The van der Waals surface area contributed by atoms with Gasteiger partial charge in [-0.15, -0.1) is 0 Å². The normalized spacial score (nSPS) is 15.1. The van der Waals surface area contributed by atoms with Gasteiger partial charge in [-0.2, -0.15) is 0 Å². The van der Waals surface area contributed by atoms with Crippen LogP contribution in [0.4, 0.5) is 5.69 Å². The molecular weight excluding hydrogens is 310 g/mol.